The van der Waals surface area contributed by atoms with Crippen LogP contribution in [0.4, 0.5) is 5.13 Å². The van der Waals surface area contributed by atoms with Crippen LogP contribution in [-0.4, -0.2) is 64.0 Å². The number of hydrogen-bond donors (Lipinski definition) is 1. The van der Waals surface area contributed by atoms with E-state index in [1.165, 1.54) is 61.8 Å². The second-order valence-electron chi connectivity index (χ2n) is 7.59. The highest BCUT2D eigenvalue weighted by atomic mass is 32.2. The van der Waals surface area contributed by atoms with E-state index < -0.39 is 26.0 Å². The summed E-state index contributed by atoms with van der Waals surface area (Å²) in [5.74, 6) is -0.446. The molecule has 33 heavy (non-hydrogen) atoms. The number of nitrogens with zero attached hydrogens (tertiary/aromatic N) is 3. The van der Waals surface area contributed by atoms with Gasteiger partial charge in [0.25, 0.3) is 5.91 Å². The maximum Gasteiger partial charge on any atom is 0.257 e. The number of carbonyl (C=O) groups excluding carboxylic acids is 1. The molecule has 3 rings (SSSR count). The topological polar surface area (TPSA) is 117 Å². The van der Waals surface area contributed by atoms with Gasteiger partial charge in [-0.25, -0.2) is 30.4 Å². The number of thiazole rings is 1. The second kappa shape index (κ2) is 9.85. The van der Waals surface area contributed by atoms with E-state index in [1.54, 1.807) is 6.07 Å². The molecular weight excluding hydrogens is 484 g/mol. The van der Waals surface area contributed by atoms with Crippen LogP contribution in [0.5, 0.6) is 0 Å². The number of unbranched alkanes of at least 4 members (excludes halogenated alkanes) is 1. The van der Waals surface area contributed by atoms with Crippen molar-refractivity contribution in [3.63, 3.8) is 0 Å². The van der Waals surface area contributed by atoms with Gasteiger partial charge < -0.3 is 0 Å². The second-order valence-corrected chi connectivity index (χ2v) is 12.8. The quantitative estimate of drug-likeness (QED) is 0.472. The Morgan fingerprint density at radius 1 is 0.970 bits per heavy atom. The first-order valence-corrected chi connectivity index (χ1v) is 13.9. The normalized spacial score (nSPS) is 12.5. The zero-order chi connectivity index (χ0) is 24.4. The van der Waals surface area contributed by atoms with Crippen molar-refractivity contribution in [2.45, 2.75) is 29.6 Å². The fraction of sp³-hybridized carbons (Fsp3) is 0.333. The number of amides is 1. The Hall–Kier alpha value is -2.38. The molecule has 0 unspecified atom stereocenters. The molecule has 0 spiro atoms. The summed E-state index contributed by atoms with van der Waals surface area (Å²) in [6.45, 7) is 2.42. The maximum atomic E-state index is 12.6. The molecule has 1 aromatic heterocycles. The third-order valence-electron chi connectivity index (χ3n) is 5.01. The third-order valence-corrected chi connectivity index (χ3v) is 9.63. The van der Waals surface area contributed by atoms with Crippen LogP contribution in [0.15, 0.2) is 52.3 Å². The molecule has 0 atom stereocenters. The minimum atomic E-state index is -3.61. The molecule has 3 aromatic rings. The maximum absolute atomic E-state index is 12.6. The van der Waals surface area contributed by atoms with E-state index in [0.29, 0.717) is 21.9 Å². The average Bonchev–Trinajstić information content (AvgIpc) is 3.18. The Kier molecular flexibility index (Phi) is 7.54. The zero-order valence-corrected chi connectivity index (χ0v) is 21.2. The Morgan fingerprint density at radius 2 is 1.61 bits per heavy atom. The smallest absolute Gasteiger partial charge is 0.257 e. The van der Waals surface area contributed by atoms with Gasteiger partial charge in [-0.15, -0.1) is 0 Å². The van der Waals surface area contributed by atoms with E-state index in [2.05, 4.69) is 10.3 Å². The zero-order valence-electron chi connectivity index (χ0n) is 18.8. The lowest BCUT2D eigenvalue weighted by Gasteiger charge is -2.16. The van der Waals surface area contributed by atoms with Crippen LogP contribution in [0.1, 0.15) is 30.1 Å². The molecule has 0 radical (unpaired) electrons. The van der Waals surface area contributed by atoms with E-state index in [1.807, 2.05) is 6.92 Å². The molecule has 1 heterocycles. The molecule has 0 aliphatic rings. The molecule has 0 bridgehead atoms. The number of fused-ring (bicyclic) bond motifs is 1. The first-order valence-electron chi connectivity index (χ1n) is 10.2. The number of sulfonamides is 2. The van der Waals surface area contributed by atoms with Gasteiger partial charge in [-0.3, -0.25) is 10.1 Å². The Labute approximate surface area is 198 Å². The van der Waals surface area contributed by atoms with Gasteiger partial charge in [0.1, 0.15) is 0 Å². The van der Waals surface area contributed by atoms with Crippen molar-refractivity contribution in [3.05, 3.63) is 48.0 Å². The lowest BCUT2D eigenvalue weighted by molar-refractivity contribution is 0.102. The molecule has 1 N–H and O–H groups in total. The lowest BCUT2D eigenvalue weighted by atomic mass is 10.2. The van der Waals surface area contributed by atoms with Crippen LogP contribution in [0.3, 0.4) is 0 Å². The van der Waals surface area contributed by atoms with Crippen molar-refractivity contribution in [2.75, 3.05) is 33.0 Å². The number of benzene rings is 2. The summed E-state index contributed by atoms with van der Waals surface area (Å²) in [7, 11) is -2.75. The summed E-state index contributed by atoms with van der Waals surface area (Å²) in [6, 6.07) is 10.3. The molecule has 2 aromatic carbocycles. The van der Waals surface area contributed by atoms with E-state index in [0.717, 1.165) is 28.5 Å². The number of anilines is 1. The fourth-order valence-electron chi connectivity index (χ4n) is 2.96. The van der Waals surface area contributed by atoms with Crippen molar-refractivity contribution in [1.29, 1.82) is 0 Å². The largest absolute Gasteiger partial charge is 0.298 e. The van der Waals surface area contributed by atoms with Crippen molar-refractivity contribution in [3.8, 4) is 0 Å². The van der Waals surface area contributed by atoms with Crippen LogP contribution >= 0.6 is 11.3 Å². The molecule has 0 aliphatic carbocycles. The number of carbonyl (C=O) groups is 1. The highest BCUT2D eigenvalue weighted by molar-refractivity contribution is 7.89. The summed E-state index contributed by atoms with van der Waals surface area (Å²) < 4.78 is 53.0. The first-order chi connectivity index (χ1) is 15.5. The standard InChI is InChI=1S/C21H26N4O5S3/c1-5-6-13-25(4)33(29,30)16-9-7-15(8-10-16)20(26)23-21-22-18-12-11-17(14-19(18)31-21)32(27,28)24(2)3/h7-12,14H,5-6,13H2,1-4H3,(H,22,23,26). The van der Waals surface area contributed by atoms with Gasteiger partial charge in [-0.05, 0) is 48.9 Å². The minimum Gasteiger partial charge on any atom is -0.298 e. The monoisotopic (exact) mass is 510 g/mol. The van der Waals surface area contributed by atoms with Gasteiger partial charge in [0.15, 0.2) is 5.13 Å². The molecule has 0 aliphatic heterocycles. The van der Waals surface area contributed by atoms with E-state index in [4.69, 9.17) is 0 Å². The molecule has 12 heteroatoms. The molecule has 9 nitrogen and oxygen atoms in total. The van der Waals surface area contributed by atoms with Crippen molar-refractivity contribution in [1.82, 2.24) is 13.6 Å². The predicted octanol–water partition coefficient (Wildman–Crippen LogP) is 3.22. The lowest BCUT2D eigenvalue weighted by Crippen LogP contribution is -2.28. The van der Waals surface area contributed by atoms with E-state index >= 15 is 0 Å². The molecule has 0 saturated carbocycles. The summed E-state index contributed by atoms with van der Waals surface area (Å²) in [6.07, 6.45) is 1.65. The SMILES string of the molecule is CCCCN(C)S(=O)(=O)c1ccc(C(=O)Nc2nc3ccc(S(=O)(=O)N(C)C)cc3s2)cc1. The van der Waals surface area contributed by atoms with Gasteiger partial charge in [0.05, 0.1) is 20.0 Å². The molecule has 1 amide bonds. The van der Waals surface area contributed by atoms with Crippen LogP contribution < -0.4 is 5.32 Å². The fourth-order valence-corrected chi connectivity index (χ4v) is 6.07. The summed E-state index contributed by atoms with van der Waals surface area (Å²) in [5.41, 5.74) is 0.838. The van der Waals surface area contributed by atoms with Gasteiger partial charge in [0, 0.05) is 33.3 Å². The van der Waals surface area contributed by atoms with Crippen LogP contribution in [0, 0.1) is 0 Å². The molecule has 0 saturated heterocycles. The van der Waals surface area contributed by atoms with Crippen LogP contribution in [-0.2, 0) is 20.0 Å². The van der Waals surface area contributed by atoms with Gasteiger partial charge >= 0.3 is 0 Å². The highest BCUT2D eigenvalue weighted by Gasteiger charge is 2.21. The minimum absolute atomic E-state index is 0.118. The van der Waals surface area contributed by atoms with Gasteiger partial charge in [0.2, 0.25) is 20.0 Å². The number of rotatable bonds is 9. The molecule has 178 valence electrons. The van der Waals surface area contributed by atoms with Gasteiger partial charge in [-0.1, -0.05) is 24.7 Å². The summed E-state index contributed by atoms with van der Waals surface area (Å²) >= 11 is 1.15. The number of hydrogen-bond acceptors (Lipinski definition) is 7. The van der Waals surface area contributed by atoms with E-state index in [-0.39, 0.29) is 15.4 Å². The Morgan fingerprint density at radius 3 is 2.21 bits per heavy atom. The number of nitrogens with one attached hydrogen (secondary N) is 1. The first kappa shape index (κ1) is 25.2. The molecular formula is C21H26N4O5S3. The van der Waals surface area contributed by atoms with Crippen LogP contribution in [0.2, 0.25) is 0 Å². The van der Waals surface area contributed by atoms with E-state index in [9.17, 15) is 21.6 Å². The number of aromatic nitrogens is 1. The van der Waals surface area contributed by atoms with Crippen molar-refractivity contribution in [2.24, 2.45) is 0 Å². The predicted molar refractivity (Wildman–Crippen MR) is 130 cm³/mol. The van der Waals surface area contributed by atoms with Crippen molar-refractivity contribution >= 4 is 52.6 Å². The van der Waals surface area contributed by atoms with Gasteiger partial charge in [-0.2, -0.15) is 0 Å². The Bertz CT molecular complexity index is 1360. The van der Waals surface area contributed by atoms with Crippen molar-refractivity contribution < 1.29 is 21.6 Å². The highest BCUT2D eigenvalue weighted by Crippen LogP contribution is 2.29. The summed E-state index contributed by atoms with van der Waals surface area (Å²) in [5, 5.41) is 3.00. The van der Waals surface area contributed by atoms with Crippen LogP contribution in [0.25, 0.3) is 10.2 Å². The third kappa shape index (κ3) is 5.41. The average molecular weight is 511 g/mol. The molecule has 0 fully saturated rings. The summed E-state index contributed by atoms with van der Waals surface area (Å²) in [4.78, 5) is 17.2. The Balaban J connectivity index is 1.77.